The summed E-state index contributed by atoms with van der Waals surface area (Å²) < 4.78 is 18.5. The molecule has 0 unspecified atom stereocenters. The summed E-state index contributed by atoms with van der Waals surface area (Å²) in [5.41, 5.74) is 0.389. The average molecular weight is 261 g/mol. The van der Waals surface area contributed by atoms with Gasteiger partial charge in [-0.3, -0.25) is 4.79 Å². The Kier molecular flexibility index (Phi) is 3.63. The van der Waals surface area contributed by atoms with Crippen LogP contribution < -0.4 is 4.74 Å². The highest BCUT2D eigenvalue weighted by atomic mass is 79.9. The van der Waals surface area contributed by atoms with Gasteiger partial charge in [-0.2, -0.15) is 0 Å². The van der Waals surface area contributed by atoms with Gasteiger partial charge in [-0.05, 0) is 41.9 Å². The van der Waals surface area contributed by atoms with Crippen molar-refractivity contribution in [3.63, 3.8) is 0 Å². The largest absolute Gasteiger partial charge is 0.492 e. The maximum absolute atomic E-state index is 13.1. The van der Waals surface area contributed by atoms with Crippen LogP contribution in [0.25, 0.3) is 0 Å². The molecule has 2 nitrogen and oxygen atoms in total. The van der Waals surface area contributed by atoms with Crippen LogP contribution >= 0.6 is 15.9 Å². The van der Waals surface area contributed by atoms with Crippen LogP contribution in [0, 0.1) is 5.82 Å². The maximum Gasteiger partial charge on any atom is 0.163 e. The normalized spacial score (nSPS) is 10.0. The van der Waals surface area contributed by atoms with Gasteiger partial charge in [-0.1, -0.05) is 0 Å². The van der Waals surface area contributed by atoms with E-state index in [9.17, 15) is 9.18 Å². The highest BCUT2D eigenvalue weighted by molar-refractivity contribution is 9.10. The Morgan fingerprint density at radius 2 is 2.21 bits per heavy atom. The third-order valence-electron chi connectivity index (χ3n) is 1.72. The molecule has 0 aromatic heterocycles. The fourth-order valence-electron chi connectivity index (χ4n) is 1.09. The second kappa shape index (κ2) is 4.55. The van der Waals surface area contributed by atoms with Crippen LogP contribution in [-0.2, 0) is 0 Å². The van der Waals surface area contributed by atoms with Crippen LogP contribution in [0.2, 0.25) is 0 Å². The fraction of sp³-hybridized carbons (Fsp3) is 0.300. The molecule has 0 saturated carbocycles. The first-order chi connectivity index (χ1) is 6.57. The highest BCUT2D eigenvalue weighted by Gasteiger charge is 2.15. The highest BCUT2D eigenvalue weighted by Crippen LogP contribution is 2.31. The molecule has 0 spiro atoms. The molecule has 0 aliphatic heterocycles. The predicted octanol–water partition coefficient (Wildman–Crippen LogP) is 3.19. The van der Waals surface area contributed by atoms with Gasteiger partial charge in [0.05, 0.1) is 16.6 Å². The molecule has 76 valence electrons. The molecule has 0 aliphatic carbocycles. The Bertz CT molecular complexity index is 363. The van der Waals surface area contributed by atoms with Crippen LogP contribution in [0.1, 0.15) is 24.2 Å². The van der Waals surface area contributed by atoms with E-state index >= 15 is 0 Å². The Hall–Kier alpha value is -0.900. The van der Waals surface area contributed by atoms with E-state index in [1.54, 1.807) is 6.92 Å². The van der Waals surface area contributed by atoms with Gasteiger partial charge in [0, 0.05) is 0 Å². The first-order valence-corrected chi connectivity index (χ1v) is 4.99. The summed E-state index contributed by atoms with van der Waals surface area (Å²) in [5, 5.41) is 0. The lowest BCUT2D eigenvalue weighted by atomic mass is 10.1. The summed E-state index contributed by atoms with van der Waals surface area (Å²) in [5.74, 6) is -0.299. The number of carbonyl (C=O) groups excluding carboxylic acids is 1. The van der Waals surface area contributed by atoms with Crippen molar-refractivity contribution in [2.45, 2.75) is 13.8 Å². The number of halogens is 2. The van der Waals surface area contributed by atoms with E-state index in [2.05, 4.69) is 15.9 Å². The Morgan fingerprint density at radius 1 is 1.57 bits per heavy atom. The van der Waals surface area contributed by atoms with Crippen LogP contribution in [0.3, 0.4) is 0 Å². The van der Waals surface area contributed by atoms with Crippen LogP contribution in [0.15, 0.2) is 16.6 Å². The SMILES string of the molecule is CCOc1c(C(C)=O)ccc(F)c1Br. The van der Waals surface area contributed by atoms with Gasteiger partial charge in [-0.15, -0.1) is 0 Å². The zero-order valence-corrected chi connectivity index (χ0v) is 9.52. The van der Waals surface area contributed by atoms with E-state index in [0.29, 0.717) is 12.2 Å². The van der Waals surface area contributed by atoms with Crippen LogP contribution in [0.5, 0.6) is 5.75 Å². The molecule has 0 radical (unpaired) electrons. The number of benzene rings is 1. The van der Waals surface area contributed by atoms with Gasteiger partial charge in [0.1, 0.15) is 11.6 Å². The molecule has 1 rings (SSSR count). The maximum atomic E-state index is 13.1. The van der Waals surface area contributed by atoms with Crippen molar-refractivity contribution in [1.29, 1.82) is 0 Å². The van der Waals surface area contributed by atoms with Gasteiger partial charge in [0.15, 0.2) is 5.78 Å². The number of ether oxygens (including phenoxy) is 1. The van der Waals surface area contributed by atoms with Gasteiger partial charge in [0.2, 0.25) is 0 Å². The van der Waals surface area contributed by atoms with E-state index in [-0.39, 0.29) is 16.0 Å². The molecule has 0 fully saturated rings. The van der Waals surface area contributed by atoms with Crippen molar-refractivity contribution in [1.82, 2.24) is 0 Å². The average Bonchev–Trinajstić information content (AvgIpc) is 2.13. The lowest BCUT2D eigenvalue weighted by Crippen LogP contribution is -2.02. The first kappa shape index (κ1) is 11.2. The molecule has 0 amide bonds. The van der Waals surface area contributed by atoms with E-state index in [4.69, 9.17) is 4.74 Å². The number of rotatable bonds is 3. The smallest absolute Gasteiger partial charge is 0.163 e. The monoisotopic (exact) mass is 260 g/mol. The van der Waals surface area contributed by atoms with Gasteiger partial charge < -0.3 is 4.74 Å². The molecule has 0 saturated heterocycles. The predicted molar refractivity (Wildman–Crippen MR) is 55.3 cm³/mol. The summed E-state index contributed by atoms with van der Waals surface area (Å²) in [6.45, 7) is 3.59. The minimum atomic E-state index is -0.432. The third kappa shape index (κ3) is 2.12. The fourth-order valence-corrected chi connectivity index (χ4v) is 1.55. The van der Waals surface area contributed by atoms with Crippen molar-refractivity contribution in [3.8, 4) is 5.75 Å². The van der Waals surface area contributed by atoms with Crippen molar-refractivity contribution in [3.05, 3.63) is 28.0 Å². The standard InChI is InChI=1S/C10H10BrFO2/c1-3-14-10-7(6(2)13)4-5-8(12)9(10)11/h4-5H,3H2,1-2H3. The third-order valence-corrected chi connectivity index (χ3v) is 2.46. The summed E-state index contributed by atoms with van der Waals surface area (Å²) in [6.07, 6.45) is 0. The molecule has 0 heterocycles. The molecular formula is C10H10BrFO2. The number of hydrogen-bond acceptors (Lipinski definition) is 2. The second-order valence-electron chi connectivity index (χ2n) is 2.73. The van der Waals surface area contributed by atoms with Crippen molar-refractivity contribution in [2.75, 3.05) is 6.61 Å². The molecule has 1 aromatic carbocycles. The lowest BCUT2D eigenvalue weighted by Gasteiger charge is -2.10. The Labute approximate surface area is 90.2 Å². The Morgan fingerprint density at radius 3 is 2.71 bits per heavy atom. The molecule has 0 bridgehead atoms. The van der Waals surface area contributed by atoms with Crippen LogP contribution in [-0.4, -0.2) is 12.4 Å². The van der Waals surface area contributed by atoms with Crippen molar-refractivity contribution in [2.24, 2.45) is 0 Å². The topological polar surface area (TPSA) is 26.3 Å². The van der Waals surface area contributed by atoms with Crippen molar-refractivity contribution < 1.29 is 13.9 Å². The minimum Gasteiger partial charge on any atom is -0.492 e. The summed E-state index contributed by atoms with van der Waals surface area (Å²) in [4.78, 5) is 11.2. The summed E-state index contributed by atoms with van der Waals surface area (Å²) in [6, 6.07) is 2.66. The van der Waals surface area contributed by atoms with E-state index in [0.717, 1.165) is 0 Å². The molecular weight excluding hydrogens is 251 g/mol. The molecule has 0 N–H and O–H groups in total. The van der Waals surface area contributed by atoms with Crippen LogP contribution in [0.4, 0.5) is 4.39 Å². The molecule has 0 atom stereocenters. The van der Waals surface area contributed by atoms with E-state index in [1.165, 1.54) is 19.1 Å². The van der Waals surface area contributed by atoms with Gasteiger partial charge in [0.25, 0.3) is 0 Å². The van der Waals surface area contributed by atoms with Crippen molar-refractivity contribution >= 4 is 21.7 Å². The second-order valence-corrected chi connectivity index (χ2v) is 3.52. The summed E-state index contributed by atoms with van der Waals surface area (Å²) >= 11 is 3.05. The minimum absolute atomic E-state index is 0.144. The Balaban J connectivity index is 3.29. The van der Waals surface area contributed by atoms with Gasteiger partial charge in [-0.25, -0.2) is 4.39 Å². The zero-order valence-electron chi connectivity index (χ0n) is 7.93. The number of ketones is 1. The quantitative estimate of drug-likeness (QED) is 0.781. The lowest BCUT2D eigenvalue weighted by molar-refractivity contribution is 0.101. The number of Topliss-reactive ketones (excluding diaryl/α,β-unsaturated/α-hetero) is 1. The zero-order chi connectivity index (χ0) is 10.7. The number of hydrogen-bond donors (Lipinski definition) is 0. The molecule has 4 heteroatoms. The van der Waals surface area contributed by atoms with E-state index in [1.807, 2.05) is 0 Å². The molecule has 14 heavy (non-hydrogen) atoms. The number of carbonyl (C=O) groups is 1. The van der Waals surface area contributed by atoms with E-state index < -0.39 is 5.82 Å². The molecule has 0 aliphatic rings. The first-order valence-electron chi connectivity index (χ1n) is 4.19. The summed E-state index contributed by atoms with van der Waals surface area (Å²) in [7, 11) is 0. The molecule has 1 aromatic rings. The van der Waals surface area contributed by atoms with Gasteiger partial charge >= 0.3 is 0 Å².